The second-order valence-electron chi connectivity index (χ2n) is 5.60. The van der Waals surface area contributed by atoms with Gasteiger partial charge in [-0.1, -0.05) is 33.3 Å². The molecular formula is C17H15BrFN5O2S2. The third-order valence-corrected chi connectivity index (χ3v) is 5.44. The van der Waals surface area contributed by atoms with E-state index < -0.39 is 11.7 Å². The lowest BCUT2D eigenvalue weighted by molar-refractivity contribution is -0.118. The Kier molecular flexibility index (Phi) is 6.37. The highest BCUT2D eigenvalue weighted by atomic mass is 79.9. The Bertz CT molecular complexity index is 1090. The van der Waals surface area contributed by atoms with Crippen LogP contribution in [-0.4, -0.2) is 32.3 Å². The summed E-state index contributed by atoms with van der Waals surface area (Å²) >= 11 is 9.64. The number of rotatable bonds is 7. The molecule has 146 valence electrons. The summed E-state index contributed by atoms with van der Waals surface area (Å²) in [6.45, 7) is 5.68. The van der Waals surface area contributed by atoms with E-state index in [0.29, 0.717) is 32.4 Å². The lowest BCUT2D eigenvalue weighted by atomic mass is 10.3. The van der Waals surface area contributed by atoms with Crippen LogP contribution in [0.5, 0.6) is 5.75 Å². The van der Waals surface area contributed by atoms with Crippen molar-refractivity contribution in [1.29, 1.82) is 0 Å². The largest absolute Gasteiger partial charge is 0.481 e. The summed E-state index contributed by atoms with van der Waals surface area (Å²) in [6.07, 6.45) is 1.71. The van der Waals surface area contributed by atoms with Crippen LogP contribution in [0.3, 0.4) is 0 Å². The summed E-state index contributed by atoms with van der Waals surface area (Å²) in [5.41, 5.74) is 0.694. The van der Waals surface area contributed by atoms with Crippen LogP contribution in [0.1, 0.15) is 5.69 Å². The number of nitrogens with zero attached hydrogens (tertiary/aromatic N) is 3. The number of carbonyl (C=O) groups is 1. The quantitative estimate of drug-likeness (QED) is 0.382. The number of carbonyl (C=O) groups excluding carboxylic acids is 1. The molecule has 0 radical (unpaired) electrons. The van der Waals surface area contributed by atoms with Gasteiger partial charge in [-0.15, -0.1) is 6.58 Å². The monoisotopic (exact) mass is 483 g/mol. The molecule has 2 aromatic heterocycles. The molecule has 0 aliphatic rings. The van der Waals surface area contributed by atoms with Crippen LogP contribution in [0.2, 0.25) is 0 Å². The number of nitrogens with one attached hydrogen (secondary N) is 2. The minimum absolute atomic E-state index is 0.00526. The molecule has 2 N–H and O–H groups in total. The molecule has 0 aliphatic carbocycles. The highest BCUT2D eigenvalue weighted by molar-refractivity contribution is 9.10. The maximum atomic E-state index is 13.7. The lowest BCUT2D eigenvalue weighted by Crippen LogP contribution is -2.20. The number of hydrogen-bond donors (Lipinski definition) is 2. The van der Waals surface area contributed by atoms with Crippen LogP contribution >= 0.6 is 39.5 Å². The van der Waals surface area contributed by atoms with Crippen LogP contribution in [0.15, 0.2) is 35.3 Å². The zero-order valence-corrected chi connectivity index (χ0v) is 17.9. The highest BCUT2D eigenvalue weighted by Crippen LogP contribution is 2.31. The number of amides is 1. The average molecular weight is 484 g/mol. The van der Waals surface area contributed by atoms with Crippen molar-refractivity contribution >= 4 is 50.5 Å². The fourth-order valence-corrected chi connectivity index (χ4v) is 3.86. The minimum atomic E-state index is -0.556. The number of ether oxygens (including phenoxy) is 1. The summed E-state index contributed by atoms with van der Waals surface area (Å²) in [7, 11) is 0. The van der Waals surface area contributed by atoms with E-state index in [-0.39, 0.29) is 12.4 Å². The average Bonchev–Trinajstić information content (AvgIpc) is 3.17. The molecule has 28 heavy (non-hydrogen) atoms. The maximum absolute atomic E-state index is 13.7. The lowest BCUT2D eigenvalue weighted by Gasteiger charge is -2.07. The first kappa shape index (κ1) is 20.4. The van der Waals surface area contributed by atoms with E-state index in [1.54, 1.807) is 16.7 Å². The molecule has 1 aromatic carbocycles. The van der Waals surface area contributed by atoms with Gasteiger partial charge in [-0.05, 0) is 37.3 Å². The predicted molar refractivity (Wildman–Crippen MR) is 112 cm³/mol. The van der Waals surface area contributed by atoms with Gasteiger partial charge in [0.05, 0.1) is 10.6 Å². The van der Waals surface area contributed by atoms with Crippen molar-refractivity contribution in [2.75, 3.05) is 11.9 Å². The van der Waals surface area contributed by atoms with Crippen LogP contribution in [0.25, 0.3) is 10.7 Å². The molecule has 0 atom stereocenters. The van der Waals surface area contributed by atoms with Crippen LogP contribution < -0.4 is 10.1 Å². The number of thiazole rings is 1. The first-order chi connectivity index (χ1) is 13.4. The molecule has 3 aromatic rings. The number of H-pyrrole nitrogens is 1. The predicted octanol–water partition coefficient (Wildman–Crippen LogP) is 4.48. The second-order valence-corrected chi connectivity index (χ2v) is 7.90. The Morgan fingerprint density at radius 2 is 2.36 bits per heavy atom. The topological polar surface area (TPSA) is 84.8 Å². The number of hydrogen-bond acceptors (Lipinski definition) is 6. The van der Waals surface area contributed by atoms with E-state index in [4.69, 9.17) is 17.0 Å². The molecular weight excluding hydrogens is 469 g/mol. The molecule has 0 bridgehead atoms. The second kappa shape index (κ2) is 8.76. The Balaban J connectivity index is 1.70. The third kappa shape index (κ3) is 4.54. The van der Waals surface area contributed by atoms with Gasteiger partial charge in [0.25, 0.3) is 5.91 Å². The molecule has 0 unspecified atom stereocenters. The third-order valence-electron chi connectivity index (χ3n) is 3.57. The Morgan fingerprint density at radius 3 is 3.07 bits per heavy atom. The van der Waals surface area contributed by atoms with Gasteiger partial charge in [0.15, 0.2) is 33.9 Å². The van der Waals surface area contributed by atoms with E-state index >= 15 is 0 Å². The van der Waals surface area contributed by atoms with Crippen molar-refractivity contribution in [2.45, 2.75) is 13.5 Å². The van der Waals surface area contributed by atoms with Gasteiger partial charge in [0, 0.05) is 11.0 Å². The summed E-state index contributed by atoms with van der Waals surface area (Å²) in [4.78, 5) is 17.2. The molecule has 11 heteroatoms. The molecule has 0 saturated carbocycles. The summed E-state index contributed by atoms with van der Waals surface area (Å²) in [6, 6.07) is 4.34. The van der Waals surface area contributed by atoms with Crippen molar-refractivity contribution in [3.63, 3.8) is 0 Å². The first-order valence-electron chi connectivity index (χ1n) is 8.00. The molecule has 3 rings (SSSR count). The number of anilines is 1. The fourth-order valence-electron chi connectivity index (χ4n) is 2.34. The van der Waals surface area contributed by atoms with E-state index in [9.17, 15) is 9.18 Å². The number of aromatic nitrogens is 4. The molecule has 0 fully saturated rings. The highest BCUT2D eigenvalue weighted by Gasteiger charge is 2.17. The maximum Gasteiger partial charge on any atom is 0.264 e. The smallest absolute Gasteiger partial charge is 0.264 e. The number of aryl methyl sites for hydroxylation is 1. The zero-order valence-electron chi connectivity index (χ0n) is 14.7. The van der Waals surface area contributed by atoms with E-state index in [2.05, 4.69) is 43.0 Å². The van der Waals surface area contributed by atoms with Gasteiger partial charge >= 0.3 is 0 Å². The van der Waals surface area contributed by atoms with E-state index in [1.165, 1.54) is 23.5 Å². The van der Waals surface area contributed by atoms with Crippen molar-refractivity contribution < 1.29 is 13.9 Å². The summed E-state index contributed by atoms with van der Waals surface area (Å²) < 4.78 is 21.8. The van der Waals surface area contributed by atoms with Crippen molar-refractivity contribution in [3.05, 3.63) is 51.6 Å². The van der Waals surface area contributed by atoms with Gasteiger partial charge in [0.1, 0.15) is 0 Å². The number of benzene rings is 1. The standard InChI is InChI=1S/C17H15BrFN5O2S2/c1-3-6-24-15(22-23-17(24)27)14-9(2)20-16(28-14)21-13(25)8-26-12-5-4-10(18)7-11(12)19/h3-5,7H,1,6,8H2,2H3,(H,23,27)(H,20,21,25). The number of aromatic amines is 1. The number of halogens is 2. The van der Waals surface area contributed by atoms with Crippen LogP contribution in [0, 0.1) is 17.5 Å². The molecule has 0 saturated heterocycles. The van der Waals surface area contributed by atoms with Crippen LogP contribution in [0.4, 0.5) is 9.52 Å². The van der Waals surface area contributed by atoms with E-state index in [0.717, 1.165) is 4.88 Å². The normalized spacial score (nSPS) is 10.7. The fraction of sp³-hybridized carbons (Fsp3) is 0.176. The summed E-state index contributed by atoms with van der Waals surface area (Å²) in [5, 5.41) is 10.0. The SMILES string of the molecule is C=CCn1c(-c2sc(NC(=O)COc3ccc(Br)cc3F)nc2C)n[nH]c1=S. The Hall–Kier alpha value is -2.37. The first-order valence-corrected chi connectivity index (χ1v) is 10.0. The minimum Gasteiger partial charge on any atom is -0.481 e. The Labute approximate surface area is 177 Å². The van der Waals surface area contributed by atoms with Crippen LogP contribution in [-0.2, 0) is 11.3 Å². The van der Waals surface area contributed by atoms with E-state index in [1.807, 2.05) is 6.92 Å². The van der Waals surface area contributed by atoms with Crippen molar-refractivity contribution in [3.8, 4) is 16.5 Å². The molecule has 0 aliphatic heterocycles. The van der Waals surface area contributed by atoms with Gasteiger partial charge < -0.3 is 4.74 Å². The van der Waals surface area contributed by atoms with Gasteiger partial charge in [0.2, 0.25) is 0 Å². The van der Waals surface area contributed by atoms with Gasteiger partial charge in [-0.3, -0.25) is 19.8 Å². The van der Waals surface area contributed by atoms with Crippen molar-refractivity contribution in [1.82, 2.24) is 19.7 Å². The van der Waals surface area contributed by atoms with Gasteiger partial charge in [-0.2, -0.15) is 5.10 Å². The molecule has 7 nitrogen and oxygen atoms in total. The number of allylic oxidation sites excluding steroid dienone is 1. The molecule has 2 heterocycles. The molecule has 1 amide bonds. The van der Waals surface area contributed by atoms with Crippen molar-refractivity contribution in [2.24, 2.45) is 0 Å². The Morgan fingerprint density at radius 1 is 1.57 bits per heavy atom. The zero-order chi connectivity index (χ0) is 20.3. The molecule has 0 spiro atoms. The summed E-state index contributed by atoms with van der Waals surface area (Å²) in [5.74, 6) is -0.393. The van der Waals surface area contributed by atoms with Gasteiger partial charge in [-0.25, -0.2) is 9.37 Å².